The number of amides is 1. The average Bonchev–Trinajstić information content (AvgIpc) is 2.87. The number of nitrogens with one attached hydrogen (secondary N) is 1. The Bertz CT molecular complexity index is 504. The van der Waals surface area contributed by atoms with E-state index in [0.29, 0.717) is 18.4 Å². The topological polar surface area (TPSA) is 88.6 Å². The maximum atomic E-state index is 11.8. The van der Waals surface area contributed by atoms with Gasteiger partial charge in [-0.3, -0.25) is 14.9 Å². The molecule has 0 saturated carbocycles. The Morgan fingerprint density at radius 1 is 1.43 bits per heavy atom. The first kappa shape index (κ1) is 15.5. The number of nitrogens with zero attached hydrogens (tertiary/aromatic N) is 2. The van der Waals surface area contributed by atoms with Gasteiger partial charge in [0.2, 0.25) is 0 Å². The lowest BCUT2D eigenvalue weighted by atomic mass is 9.92. The Morgan fingerprint density at radius 2 is 2.10 bits per heavy atom. The van der Waals surface area contributed by atoms with Crippen LogP contribution in [-0.2, 0) is 0 Å². The number of hydrogen-bond acceptors (Lipinski definition) is 5. The van der Waals surface area contributed by atoms with Gasteiger partial charge in [0.25, 0.3) is 5.91 Å². The molecule has 116 valence electrons. The second-order valence-electron chi connectivity index (χ2n) is 5.86. The van der Waals surface area contributed by atoms with E-state index < -0.39 is 16.7 Å². The van der Waals surface area contributed by atoms with Crippen LogP contribution in [0.15, 0.2) is 16.5 Å². The molecule has 7 nitrogen and oxygen atoms in total. The second kappa shape index (κ2) is 6.71. The molecule has 0 radical (unpaired) electrons. The summed E-state index contributed by atoms with van der Waals surface area (Å²) in [5, 5.41) is 13.2. The van der Waals surface area contributed by atoms with Crippen molar-refractivity contribution in [2.45, 2.75) is 20.3 Å². The predicted molar refractivity (Wildman–Crippen MR) is 77.1 cm³/mol. The number of nitro groups is 1. The van der Waals surface area contributed by atoms with Gasteiger partial charge in [-0.15, -0.1) is 0 Å². The van der Waals surface area contributed by atoms with Gasteiger partial charge in [0, 0.05) is 26.2 Å². The van der Waals surface area contributed by atoms with Gasteiger partial charge in [-0.25, -0.2) is 0 Å². The summed E-state index contributed by atoms with van der Waals surface area (Å²) in [5.41, 5.74) is 0. The summed E-state index contributed by atoms with van der Waals surface area (Å²) in [4.78, 5) is 24.0. The van der Waals surface area contributed by atoms with Gasteiger partial charge in [-0.2, -0.15) is 0 Å². The summed E-state index contributed by atoms with van der Waals surface area (Å²) in [5.74, 6) is 0.497. The van der Waals surface area contributed by atoms with Crippen LogP contribution >= 0.6 is 0 Å². The Hall–Kier alpha value is -1.89. The maximum Gasteiger partial charge on any atom is 0.433 e. The van der Waals surface area contributed by atoms with Gasteiger partial charge in [-0.1, -0.05) is 13.8 Å². The standard InChI is InChI=1S/C14H21N3O4/c1-10-7-11(2)9-16(8-10)6-5-15-14(18)12-3-4-13(21-12)17(19)20/h3-4,10-11H,5-9H2,1-2H3,(H,15,18)/t10-,11+. The summed E-state index contributed by atoms with van der Waals surface area (Å²) < 4.78 is 4.86. The molecule has 0 aromatic carbocycles. The van der Waals surface area contributed by atoms with Gasteiger partial charge in [0.05, 0.1) is 6.07 Å². The van der Waals surface area contributed by atoms with E-state index in [4.69, 9.17) is 4.42 Å². The number of likely N-dealkylation sites (tertiary alicyclic amines) is 1. The van der Waals surface area contributed by atoms with Crippen molar-refractivity contribution in [2.24, 2.45) is 11.8 Å². The largest absolute Gasteiger partial charge is 0.433 e. The molecular weight excluding hydrogens is 274 g/mol. The van der Waals surface area contributed by atoms with Crippen LogP contribution in [0.25, 0.3) is 0 Å². The molecule has 0 unspecified atom stereocenters. The average molecular weight is 295 g/mol. The summed E-state index contributed by atoms with van der Waals surface area (Å²) in [7, 11) is 0. The van der Waals surface area contributed by atoms with Crippen LogP contribution in [0.3, 0.4) is 0 Å². The molecule has 2 heterocycles. The summed E-state index contributed by atoms with van der Waals surface area (Å²) in [6, 6.07) is 2.50. The molecule has 0 bridgehead atoms. The van der Waals surface area contributed by atoms with Gasteiger partial charge >= 0.3 is 5.88 Å². The number of piperidine rings is 1. The third-order valence-electron chi connectivity index (χ3n) is 3.65. The SMILES string of the molecule is C[C@@H]1C[C@H](C)CN(CCNC(=O)c2ccc([N+](=O)[O-])o2)C1. The zero-order chi connectivity index (χ0) is 15.4. The van der Waals surface area contributed by atoms with Crippen molar-refractivity contribution in [3.8, 4) is 0 Å². The fraction of sp³-hybridized carbons (Fsp3) is 0.643. The van der Waals surface area contributed by atoms with Crippen LogP contribution in [0, 0.1) is 22.0 Å². The monoisotopic (exact) mass is 295 g/mol. The van der Waals surface area contributed by atoms with E-state index in [-0.39, 0.29) is 5.76 Å². The minimum absolute atomic E-state index is 0.0259. The predicted octanol–water partition coefficient (Wildman–Crippen LogP) is 1.90. The van der Waals surface area contributed by atoms with Crippen molar-refractivity contribution in [2.75, 3.05) is 26.2 Å². The fourth-order valence-corrected chi connectivity index (χ4v) is 2.94. The molecule has 1 aliphatic rings. The van der Waals surface area contributed by atoms with Crippen molar-refractivity contribution in [1.29, 1.82) is 0 Å². The Morgan fingerprint density at radius 3 is 2.67 bits per heavy atom. The number of rotatable bonds is 5. The molecule has 21 heavy (non-hydrogen) atoms. The Balaban J connectivity index is 1.77. The molecule has 0 aliphatic carbocycles. The highest BCUT2D eigenvalue weighted by atomic mass is 16.6. The Kier molecular flexibility index (Phi) is 4.95. The first-order chi connectivity index (χ1) is 9.95. The molecule has 1 aliphatic heterocycles. The lowest BCUT2D eigenvalue weighted by molar-refractivity contribution is -0.402. The maximum absolute atomic E-state index is 11.8. The first-order valence-electron chi connectivity index (χ1n) is 7.20. The van der Waals surface area contributed by atoms with Crippen LogP contribution in [0.4, 0.5) is 5.88 Å². The third-order valence-corrected chi connectivity index (χ3v) is 3.65. The lowest BCUT2D eigenvalue weighted by Gasteiger charge is -2.34. The molecule has 1 aromatic rings. The molecule has 1 amide bonds. The molecule has 0 spiro atoms. The van der Waals surface area contributed by atoms with E-state index in [1.165, 1.54) is 18.6 Å². The molecule has 1 fully saturated rings. The minimum atomic E-state index is -0.659. The van der Waals surface area contributed by atoms with Crippen LogP contribution in [0.5, 0.6) is 0 Å². The molecule has 1 saturated heterocycles. The lowest BCUT2D eigenvalue weighted by Crippen LogP contribution is -2.42. The number of carbonyl (C=O) groups excluding carboxylic acids is 1. The highest BCUT2D eigenvalue weighted by molar-refractivity contribution is 5.91. The van der Waals surface area contributed by atoms with Gasteiger partial charge < -0.3 is 14.6 Å². The van der Waals surface area contributed by atoms with Crippen LogP contribution < -0.4 is 5.32 Å². The fourth-order valence-electron chi connectivity index (χ4n) is 2.94. The summed E-state index contributed by atoms with van der Waals surface area (Å²) in [6.45, 7) is 7.86. The van der Waals surface area contributed by atoms with E-state index in [9.17, 15) is 14.9 Å². The van der Waals surface area contributed by atoms with E-state index in [1.807, 2.05) is 0 Å². The van der Waals surface area contributed by atoms with Crippen molar-refractivity contribution >= 4 is 11.8 Å². The zero-order valence-corrected chi connectivity index (χ0v) is 12.4. The molecule has 2 rings (SSSR count). The second-order valence-corrected chi connectivity index (χ2v) is 5.86. The van der Waals surface area contributed by atoms with Crippen LogP contribution in [0.1, 0.15) is 30.8 Å². The number of hydrogen-bond donors (Lipinski definition) is 1. The van der Waals surface area contributed by atoms with E-state index >= 15 is 0 Å². The van der Waals surface area contributed by atoms with Crippen molar-refractivity contribution in [3.63, 3.8) is 0 Å². The van der Waals surface area contributed by atoms with E-state index in [1.54, 1.807) is 0 Å². The minimum Gasteiger partial charge on any atom is -0.395 e. The van der Waals surface area contributed by atoms with Crippen molar-refractivity contribution in [1.82, 2.24) is 10.2 Å². The number of carbonyl (C=O) groups is 1. The highest BCUT2D eigenvalue weighted by Crippen LogP contribution is 2.20. The normalized spacial score (nSPS) is 23.0. The van der Waals surface area contributed by atoms with Crippen LogP contribution in [-0.4, -0.2) is 41.9 Å². The Labute approximate surface area is 123 Å². The van der Waals surface area contributed by atoms with Crippen LogP contribution in [0.2, 0.25) is 0 Å². The van der Waals surface area contributed by atoms with E-state index in [2.05, 4.69) is 24.1 Å². The quantitative estimate of drug-likeness (QED) is 0.662. The van der Waals surface area contributed by atoms with Crippen molar-refractivity contribution < 1.29 is 14.1 Å². The third kappa shape index (κ3) is 4.29. The van der Waals surface area contributed by atoms with Gasteiger partial charge in [0.15, 0.2) is 5.76 Å². The molecule has 2 atom stereocenters. The molecular formula is C14H21N3O4. The van der Waals surface area contributed by atoms with Gasteiger partial charge in [-0.05, 0) is 24.3 Å². The first-order valence-corrected chi connectivity index (χ1v) is 7.20. The molecule has 7 heteroatoms. The van der Waals surface area contributed by atoms with E-state index in [0.717, 1.165) is 19.6 Å². The number of furan rings is 1. The zero-order valence-electron chi connectivity index (χ0n) is 12.4. The summed E-state index contributed by atoms with van der Waals surface area (Å²) >= 11 is 0. The highest BCUT2D eigenvalue weighted by Gasteiger charge is 2.22. The molecule has 1 aromatic heterocycles. The smallest absolute Gasteiger partial charge is 0.395 e. The molecule has 1 N–H and O–H groups in total. The van der Waals surface area contributed by atoms with Gasteiger partial charge in [0.1, 0.15) is 4.92 Å². The summed E-state index contributed by atoms with van der Waals surface area (Å²) in [6.07, 6.45) is 1.25. The van der Waals surface area contributed by atoms with Crippen molar-refractivity contribution in [3.05, 3.63) is 28.0 Å².